The molecule has 0 aromatic heterocycles. The van der Waals surface area contributed by atoms with E-state index < -0.39 is 0 Å². The second-order valence-corrected chi connectivity index (χ2v) is 4.81. The van der Waals surface area contributed by atoms with Crippen LogP contribution in [-0.2, 0) is 0 Å². The highest BCUT2D eigenvalue weighted by molar-refractivity contribution is 6.01. The molecule has 0 aliphatic rings. The van der Waals surface area contributed by atoms with Crippen LogP contribution in [0.4, 0.5) is 0 Å². The van der Waals surface area contributed by atoms with Crippen molar-refractivity contribution in [2.45, 2.75) is 26.7 Å². The second-order valence-electron chi connectivity index (χ2n) is 4.81. The molecule has 0 heterocycles. The van der Waals surface area contributed by atoms with E-state index in [1.54, 1.807) is 7.11 Å². The third kappa shape index (κ3) is 2.78. The summed E-state index contributed by atoms with van der Waals surface area (Å²) in [6, 6.07) is 11.8. The van der Waals surface area contributed by atoms with E-state index in [9.17, 15) is 4.79 Å². The lowest BCUT2D eigenvalue weighted by Gasteiger charge is -2.11. The monoisotopic (exact) mass is 256 g/mol. The Morgan fingerprint density at radius 3 is 2.32 bits per heavy atom. The molecule has 0 aliphatic heterocycles. The van der Waals surface area contributed by atoms with Crippen molar-refractivity contribution in [2.75, 3.05) is 7.11 Å². The highest BCUT2D eigenvalue weighted by Crippen LogP contribution is 2.24. The molecule has 19 heavy (non-hydrogen) atoms. The number of carbonyl (C=O) groups is 1. The lowest BCUT2D eigenvalue weighted by Crippen LogP contribution is -2.12. The SMILES string of the molecule is CCC(CC)C(=O)c1ccc2cc(OC)ccc2c1. The summed E-state index contributed by atoms with van der Waals surface area (Å²) < 4.78 is 5.21. The van der Waals surface area contributed by atoms with E-state index in [1.807, 2.05) is 36.4 Å². The molecule has 0 bridgehead atoms. The third-order valence-corrected chi connectivity index (χ3v) is 3.69. The van der Waals surface area contributed by atoms with Crippen molar-refractivity contribution in [3.8, 4) is 5.75 Å². The van der Waals surface area contributed by atoms with Crippen LogP contribution in [0.3, 0.4) is 0 Å². The third-order valence-electron chi connectivity index (χ3n) is 3.69. The zero-order valence-electron chi connectivity index (χ0n) is 11.8. The van der Waals surface area contributed by atoms with Crippen molar-refractivity contribution in [2.24, 2.45) is 5.92 Å². The average molecular weight is 256 g/mol. The molecule has 0 atom stereocenters. The van der Waals surface area contributed by atoms with Gasteiger partial charge in [0.25, 0.3) is 0 Å². The summed E-state index contributed by atoms with van der Waals surface area (Å²) in [6.07, 6.45) is 1.80. The molecule has 0 saturated carbocycles. The Morgan fingerprint density at radius 1 is 1.05 bits per heavy atom. The first-order valence-electron chi connectivity index (χ1n) is 6.81. The zero-order chi connectivity index (χ0) is 13.8. The van der Waals surface area contributed by atoms with E-state index >= 15 is 0 Å². The Labute approximate surface area is 114 Å². The summed E-state index contributed by atoms with van der Waals surface area (Å²) >= 11 is 0. The standard InChI is InChI=1S/C17H20O2/c1-4-12(5-2)17(18)15-7-6-14-11-16(19-3)9-8-13(14)10-15/h6-12H,4-5H2,1-3H3. The maximum atomic E-state index is 12.3. The molecule has 0 radical (unpaired) electrons. The largest absolute Gasteiger partial charge is 0.497 e. The minimum atomic E-state index is 0.135. The van der Waals surface area contributed by atoms with Crippen LogP contribution in [0.25, 0.3) is 10.8 Å². The highest BCUT2D eigenvalue weighted by Gasteiger charge is 2.16. The Morgan fingerprint density at radius 2 is 1.68 bits per heavy atom. The number of rotatable bonds is 5. The fourth-order valence-electron chi connectivity index (χ4n) is 2.40. The maximum Gasteiger partial charge on any atom is 0.165 e. The van der Waals surface area contributed by atoms with E-state index in [2.05, 4.69) is 13.8 Å². The Hall–Kier alpha value is -1.83. The van der Waals surface area contributed by atoms with Crippen LogP contribution >= 0.6 is 0 Å². The van der Waals surface area contributed by atoms with E-state index in [1.165, 1.54) is 0 Å². The van der Waals surface area contributed by atoms with Crippen LogP contribution in [0.2, 0.25) is 0 Å². The number of ketones is 1. The van der Waals surface area contributed by atoms with Gasteiger partial charge in [0.1, 0.15) is 5.75 Å². The average Bonchev–Trinajstić information content (AvgIpc) is 2.47. The summed E-state index contributed by atoms with van der Waals surface area (Å²) in [5, 5.41) is 2.18. The lowest BCUT2D eigenvalue weighted by molar-refractivity contribution is 0.0913. The summed E-state index contributed by atoms with van der Waals surface area (Å²) in [6.45, 7) is 4.13. The van der Waals surface area contributed by atoms with Crippen molar-refractivity contribution in [3.63, 3.8) is 0 Å². The molecule has 100 valence electrons. The minimum absolute atomic E-state index is 0.135. The number of carbonyl (C=O) groups excluding carboxylic acids is 1. The lowest BCUT2D eigenvalue weighted by atomic mass is 9.92. The van der Waals surface area contributed by atoms with E-state index in [-0.39, 0.29) is 11.7 Å². The Balaban J connectivity index is 2.39. The number of methoxy groups -OCH3 is 1. The van der Waals surface area contributed by atoms with Gasteiger partial charge in [0.2, 0.25) is 0 Å². The predicted molar refractivity (Wildman–Crippen MR) is 78.9 cm³/mol. The quantitative estimate of drug-likeness (QED) is 0.738. The molecule has 2 nitrogen and oxygen atoms in total. The Kier molecular flexibility index (Phi) is 4.20. The van der Waals surface area contributed by atoms with E-state index in [0.29, 0.717) is 0 Å². The fraction of sp³-hybridized carbons (Fsp3) is 0.353. The van der Waals surface area contributed by atoms with Gasteiger partial charge in [0.15, 0.2) is 5.78 Å². The van der Waals surface area contributed by atoms with Crippen LogP contribution in [0.5, 0.6) is 5.75 Å². The van der Waals surface area contributed by atoms with Crippen molar-refractivity contribution >= 4 is 16.6 Å². The first-order valence-corrected chi connectivity index (χ1v) is 6.81. The smallest absolute Gasteiger partial charge is 0.165 e. The van der Waals surface area contributed by atoms with Crippen molar-refractivity contribution in [3.05, 3.63) is 42.0 Å². The molecule has 2 aromatic rings. The van der Waals surface area contributed by atoms with Gasteiger partial charge in [-0.05, 0) is 41.8 Å². The van der Waals surface area contributed by atoms with Gasteiger partial charge in [-0.25, -0.2) is 0 Å². The molecule has 0 spiro atoms. The van der Waals surface area contributed by atoms with Crippen LogP contribution in [0, 0.1) is 5.92 Å². The van der Waals surface area contributed by atoms with Crippen molar-refractivity contribution in [1.29, 1.82) is 0 Å². The normalized spacial score (nSPS) is 10.9. The molecule has 0 amide bonds. The van der Waals surface area contributed by atoms with Gasteiger partial charge in [-0.3, -0.25) is 4.79 Å². The minimum Gasteiger partial charge on any atom is -0.497 e. The van der Waals surface area contributed by atoms with Gasteiger partial charge in [-0.1, -0.05) is 32.0 Å². The topological polar surface area (TPSA) is 26.3 Å². The van der Waals surface area contributed by atoms with Gasteiger partial charge < -0.3 is 4.74 Å². The molecule has 2 rings (SSSR count). The molecular weight excluding hydrogens is 236 g/mol. The van der Waals surface area contributed by atoms with Crippen molar-refractivity contribution in [1.82, 2.24) is 0 Å². The Bertz CT molecular complexity index is 583. The molecule has 0 saturated heterocycles. The first-order chi connectivity index (χ1) is 9.19. The van der Waals surface area contributed by atoms with Crippen LogP contribution in [0.1, 0.15) is 37.0 Å². The van der Waals surface area contributed by atoms with E-state index in [4.69, 9.17) is 4.74 Å². The zero-order valence-corrected chi connectivity index (χ0v) is 11.8. The predicted octanol–water partition coefficient (Wildman–Crippen LogP) is 4.47. The molecule has 0 fully saturated rings. The van der Waals surface area contributed by atoms with Crippen molar-refractivity contribution < 1.29 is 9.53 Å². The van der Waals surface area contributed by atoms with E-state index in [0.717, 1.165) is 34.9 Å². The summed E-state index contributed by atoms with van der Waals surface area (Å²) in [7, 11) is 1.66. The number of hydrogen-bond acceptors (Lipinski definition) is 2. The van der Waals surface area contributed by atoms with Gasteiger partial charge in [-0.2, -0.15) is 0 Å². The fourth-order valence-corrected chi connectivity index (χ4v) is 2.40. The summed E-state index contributed by atoms with van der Waals surface area (Å²) in [5.74, 6) is 1.23. The second kappa shape index (κ2) is 5.87. The number of benzene rings is 2. The van der Waals surface area contributed by atoms with Gasteiger partial charge in [0.05, 0.1) is 7.11 Å². The van der Waals surface area contributed by atoms with Gasteiger partial charge >= 0.3 is 0 Å². The van der Waals surface area contributed by atoms with Crippen LogP contribution in [-0.4, -0.2) is 12.9 Å². The van der Waals surface area contributed by atoms with Gasteiger partial charge in [0, 0.05) is 11.5 Å². The number of fused-ring (bicyclic) bond motifs is 1. The molecule has 0 aliphatic carbocycles. The molecule has 2 aromatic carbocycles. The number of Topliss-reactive ketones (excluding diaryl/α,β-unsaturated/α-hetero) is 1. The summed E-state index contributed by atoms with van der Waals surface area (Å²) in [5.41, 5.74) is 0.811. The number of hydrogen-bond donors (Lipinski definition) is 0. The molecule has 0 N–H and O–H groups in total. The van der Waals surface area contributed by atoms with Crippen LogP contribution < -0.4 is 4.74 Å². The van der Waals surface area contributed by atoms with Crippen LogP contribution in [0.15, 0.2) is 36.4 Å². The maximum absolute atomic E-state index is 12.3. The molecular formula is C17H20O2. The first kappa shape index (κ1) is 13.6. The highest BCUT2D eigenvalue weighted by atomic mass is 16.5. The molecule has 0 unspecified atom stereocenters. The number of ether oxygens (including phenoxy) is 1. The van der Waals surface area contributed by atoms with Gasteiger partial charge in [-0.15, -0.1) is 0 Å². The molecule has 2 heteroatoms. The summed E-state index contributed by atoms with van der Waals surface area (Å²) in [4.78, 5) is 12.3.